The normalized spacial score (nSPS) is 26.1. The summed E-state index contributed by atoms with van der Waals surface area (Å²) >= 11 is 3.93. The van der Waals surface area contributed by atoms with Gasteiger partial charge in [0.1, 0.15) is 10.2 Å². The number of halogens is 1. The Morgan fingerprint density at radius 1 is 0.600 bits per heavy atom. The summed E-state index contributed by atoms with van der Waals surface area (Å²) in [6.45, 7) is 0. The molecule has 2 bridgehead atoms. The highest BCUT2D eigenvalue weighted by Gasteiger charge is 2.77. The molecule has 0 saturated carbocycles. The lowest BCUT2D eigenvalue weighted by atomic mass is 9.46. The number of esters is 2. The monoisotopic (exact) mass is 580 g/mol. The zero-order chi connectivity index (χ0) is 26.8. The van der Waals surface area contributed by atoms with E-state index in [0.29, 0.717) is 0 Å². The number of hydrogen-bond acceptors (Lipinski definition) is 3. The number of carbonyl (C=O) groups is 2. The lowest BCUT2D eigenvalue weighted by Gasteiger charge is -2.55. The van der Waals surface area contributed by atoms with Crippen molar-refractivity contribution in [1.29, 1.82) is 0 Å². The van der Waals surface area contributed by atoms with Crippen LogP contribution in [-0.2, 0) is 19.7 Å². The summed E-state index contributed by atoms with van der Waals surface area (Å²) in [7, 11) is 0. The third kappa shape index (κ3) is 2.36. The predicted octanol–water partition coefficient (Wildman–Crippen LogP) is 7.63. The van der Waals surface area contributed by atoms with Gasteiger partial charge in [-0.1, -0.05) is 131 Å². The summed E-state index contributed by atoms with van der Waals surface area (Å²) < 4.78 is 4.36. The first kappa shape index (κ1) is 22.5. The number of cyclic esters (lactones) is 2. The van der Waals surface area contributed by atoms with E-state index in [0.717, 1.165) is 61.2 Å². The third-order valence-electron chi connectivity index (χ3n) is 9.55. The van der Waals surface area contributed by atoms with Crippen molar-refractivity contribution in [3.63, 3.8) is 0 Å². The predicted molar refractivity (Wildman–Crippen MR) is 157 cm³/mol. The van der Waals surface area contributed by atoms with Crippen molar-refractivity contribution < 1.29 is 14.3 Å². The maximum Gasteiger partial charge on any atom is 0.332 e. The lowest BCUT2D eigenvalue weighted by Crippen LogP contribution is -2.60. The van der Waals surface area contributed by atoms with Crippen LogP contribution in [0.15, 0.2) is 115 Å². The second-order valence-electron chi connectivity index (χ2n) is 11.2. The fourth-order valence-electron chi connectivity index (χ4n) is 8.33. The minimum absolute atomic E-state index is 0.334. The van der Waals surface area contributed by atoms with E-state index in [2.05, 4.69) is 101 Å². The molecular formula is C36H21BrO3. The Morgan fingerprint density at radius 2 is 1.23 bits per heavy atom. The van der Waals surface area contributed by atoms with Crippen LogP contribution < -0.4 is 0 Å². The van der Waals surface area contributed by atoms with Gasteiger partial charge in [-0.3, -0.25) is 4.79 Å². The summed E-state index contributed by atoms with van der Waals surface area (Å²) in [5.41, 5.74) is 11.2. The molecule has 0 aromatic heterocycles. The Labute approximate surface area is 239 Å². The van der Waals surface area contributed by atoms with E-state index >= 15 is 0 Å². The number of fused-ring (bicyclic) bond motifs is 2. The van der Waals surface area contributed by atoms with Gasteiger partial charge >= 0.3 is 11.9 Å². The Morgan fingerprint density at radius 3 is 1.98 bits per heavy atom. The van der Waals surface area contributed by atoms with E-state index in [1.54, 1.807) is 0 Å². The highest BCUT2D eigenvalue weighted by atomic mass is 79.9. The van der Waals surface area contributed by atoms with Gasteiger partial charge in [0.2, 0.25) is 0 Å². The Balaban J connectivity index is 1.55. The molecule has 3 nitrogen and oxygen atoms in total. The Bertz CT molecular complexity index is 1950. The van der Waals surface area contributed by atoms with Crippen molar-refractivity contribution in [3.05, 3.63) is 143 Å². The zero-order valence-corrected chi connectivity index (χ0v) is 22.8. The van der Waals surface area contributed by atoms with Crippen molar-refractivity contribution in [2.24, 2.45) is 5.92 Å². The maximum absolute atomic E-state index is 14.0. The number of ether oxygens (including phenoxy) is 1. The van der Waals surface area contributed by atoms with Crippen LogP contribution in [0.3, 0.4) is 0 Å². The van der Waals surface area contributed by atoms with Gasteiger partial charge in [-0.05, 0) is 61.2 Å². The van der Waals surface area contributed by atoms with Gasteiger partial charge in [0.05, 0.1) is 5.41 Å². The number of benzene rings is 5. The molecule has 4 atom stereocenters. The van der Waals surface area contributed by atoms with Gasteiger partial charge in [0.15, 0.2) is 0 Å². The topological polar surface area (TPSA) is 43.4 Å². The van der Waals surface area contributed by atoms with Crippen LogP contribution >= 0.6 is 15.9 Å². The molecule has 1 spiro atoms. The molecule has 0 N–H and O–H groups in total. The van der Waals surface area contributed by atoms with E-state index < -0.39 is 27.6 Å². The molecule has 4 aliphatic carbocycles. The van der Waals surface area contributed by atoms with E-state index in [1.165, 1.54) is 0 Å². The standard InChI is InChI=1S/C36H21BrO3/c37-36-30-24-14-7-8-17-27(24)35(32(36)33(38)40-34(36)39)29-25(15-9-16-26(29)30)28-22(20-10-3-1-4-11-20)18-19-23(31(28)35)21-12-5-2-6-13-21/h1-19,30,32H/t30-,32-,35+,36-/m0/s1. The highest BCUT2D eigenvalue weighted by molar-refractivity contribution is 9.10. The molecule has 1 heterocycles. The maximum atomic E-state index is 14.0. The molecule has 5 aromatic rings. The average molecular weight is 581 g/mol. The molecule has 0 unspecified atom stereocenters. The van der Waals surface area contributed by atoms with Crippen LogP contribution in [0.4, 0.5) is 0 Å². The molecule has 10 rings (SSSR count). The summed E-state index contributed by atoms with van der Waals surface area (Å²) in [6.07, 6.45) is 0. The number of rotatable bonds is 2. The van der Waals surface area contributed by atoms with Crippen molar-refractivity contribution in [2.45, 2.75) is 15.7 Å². The van der Waals surface area contributed by atoms with Gasteiger partial charge in [-0.25, -0.2) is 4.79 Å². The van der Waals surface area contributed by atoms with Crippen LogP contribution in [0.1, 0.15) is 33.7 Å². The fraction of sp³-hybridized carbons (Fsp3) is 0.111. The molecule has 40 heavy (non-hydrogen) atoms. The van der Waals surface area contributed by atoms with Crippen LogP contribution in [0, 0.1) is 5.92 Å². The Kier molecular flexibility index (Phi) is 4.20. The fourth-order valence-corrected chi connectivity index (χ4v) is 9.43. The van der Waals surface area contributed by atoms with Crippen LogP contribution in [0.2, 0.25) is 0 Å². The van der Waals surface area contributed by atoms with Crippen LogP contribution in [-0.4, -0.2) is 16.3 Å². The van der Waals surface area contributed by atoms with E-state index in [4.69, 9.17) is 4.74 Å². The van der Waals surface area contributed by atoms with E-state index in [9.17, 15) is 9.59 Å². The Hall–Kier alpha value is -4.28. The second kappa shape index (κ2) is 7.47. The molecule has 190 valence electrons. The summed E-state index contributed by atoms with van der Waals surface area (Å²) in [4.78, 5) is 27.7. The molecule has 4 heteroatoms. The van der Waals surface area contributed by atoms with Gasteiger partial charge in [0.25, 0.3) is 0 Å². The summed E-state index contributed by atoms with van der Waals surface area (Å²) in [5.74, 6) is -2.03. The van der Waals surface area contributed by atoms with Crippen molar-refractivity contribution in [2.75, 3.05) is 0 Å². The zero-order valence-electron chi connectivity index (χ0n) is 21.2. The minimum Gasteiger partial charge on any atom is -0.392 e. The molecule has 0 radical (unpaired) electrons. The molecule has 0 amide bonds. The van der Waals surface area contributed by atoms with Crippen LogP contribution in [0.5, 0.6) is 0 Å². The molecule has 1 saturated heterocycles. The van der Waals surface area contributed by atoms with E-state index in [1.807, 2.05) is 30.3 Å². The largest absolute Gasteiger partial charge is 0.392 e. The quantitative estimate of drug-likeness (QED) is 0.122. The van der Waals surface area contributed by atoms with Crippen molar-refractivity contribution in [1.82, 2.24) is 0 Å². The first-order valence-electron chi connectivity index (χ1n) is 13.5. The second-order valence-corrected chi connectivity index (χ2v) is 12.5. The number of hydrogen-bond donors (Lipinski definition) is 0. The van der Waals surface area contributed by atoms with Crippen molar-refractivity contribution in [3.8, 4) is 33.4 Å². The molecule has 5 aromatic carbocycles. The first-order valence-corrected chi connectivity index (χ1v) is 14.3. The number of alkyl halides is 1. The highest BCUT2D eigenvalue weighted by Crippen LogP contribution is 2.75. The van der Waals surface area contributed by atoms with Crippen LogP contribution in [0.25, 0.3) is 33.4 Å². The van der Waals surface area contributed by atoms with Crippen molar-refractivity contribution >= 4 is 27.9 Å². The third-order valence-corrected chi connectivity index (χ3v) is 10.8. The van der Waals surface area contributed by atoms with Gasteiger partial charge in [-0.15, -0.1) is 0 Å². The van der Waals surface area contributed by atoms with Gasteiger partial charge in [-0.2, -0.15) is 0 Å². The molecule has 1 aliphatic heterocycles. The average Bonchev–Trinajstić information content (AvgIpc) is 3.43. The molecular weight excluding hydrogens is 560 g/mol. The summed E-state index contributed by atoms with van der Waals surface area (Å²) in [5, 5.41) is 0. The van der Waals surface area contributed by atoms with Gasteiger partial charge < -0.3 is 4.74 Å². The minimum atomic E-state index is -1.19. The number of carbonyl (C=O) groups excluding carboxylic acids is 2. The lowest BCUT2D eigenvalue weighted by molar-refractivity contribution is -0.153. The smallest absolute Gasteiger partial charge is 0.332 e. The SMILES string of the molecule is O=C1OC(=O)[C@]2(Br)[C@H]3c4ccccc4[C@]4(c5c(cccc53)-c3c(-c5ccccc5)ccc(-c5ccccc5)c34)[C@H]12. The van der Waals surface area contributed by atoms with E-state index in [-0.39, 0.29) is 5.92 Å². The van der Waals surface area contributed by atoms with Gasteiger partial charge in [0, 0.05) is 5.92 Å². The molecule has 1 fully saturated rings. The molecule has 5 aliphatic rings. The summed E-state index contributed by atoms with van der Waals surface area (Å²) in [6, 6.07) is 40.0. The first-order chi connectivity index (χ1) is 19.6.